The van der Waals surface area contributed by atoms with Crippen molar-refractivity contribution in [2.24, 2.45) is 0 Å². The molecule has 0 fully saturated rings. The quantitative estimate of drug-likeness (QED) is 0.868. The fourth-order valence-corrected chi connectivity index (χ4v) is 1.79. The predicted molar refractivity (Wildman–Crippen MR) is 62.9 cm³/mol. The highest BCUT2D eigenvalue weighted by molar-refractivity contribution is 7.13. The van der Waals surface area contributed by atoms with Crippen molar-refractivity contribution in [1.82, 2.24) is 4.98 Å². The number of nitrogens with zero attached hydrogens (tertiary/aromatic N) is 1. The lowest BCUT2D eigenvalue weighted by Gasteiger charge is -2.03. The van der Waals surface area contributed by atoms with Crippen LogP contribution in [-0.4, -0.2) is 11.1 Å². The van der Waals surface area contributed by atoms with Gasteiger partial charge < -0.3 is 4.74 Å². The highest BCUT2D eigenvalue weighted by atomic mass is 32.1. The molecule has 16 heavy (non-hydrogen) atoms. The van der Waals surface area contributed by atoms with Crippen LogP contribution in [0.1, 0.15) is 5.69 Å². The third-order valence-corrected chi connectivity index (χ3v) is 2.66. The summed E-state index contributed by atoms with van der Waals surface area (Å²) in [5, 5.41) is 4.96. The molecule has 82 valence electrons. The number of para-hydroxylation sites is 1. The van der Waals surface area contributed by atoms with Crippen LogP contribution in [0.25, 0.3) is 0 Å². The van der Waals surface area contributed by atoms with Crippen LogP contribution in [0.3, 0.4) is 0 Å². The summed E-state index contributed by atoms with van der Waals surface area (Å²) in [6.45, 7) is 1.87. The molecule has 0 aliphatic heterocycles. The zero-order valence-corrected chi connectivity index (χ0v) is 9.45. The molecular weight excluding hydrogens is 224 g/mol. The zero-order valence-electron chi connectivity index (χ0n) is 8.64. The van der Waals surface area contributed by atoms with Crippen LogP contribution in [-0.2, 0) is 0 Å². The van der Waals surface area contributed by atoms with Crippen molar-refractivity contribution >= 4 is 22.6 Å². The fraction of sp³-hybridized carbons (Fsp3) is 0.0909. The summed E-state index contributed by atoms with van der Waals surface area (Å²) in [6, 6.07) is 8.89. The van der Waals surface area contributed by atoms with Crippen molar-refractivity contribution in [1.29, 1.82) is 0 Å². The number of benzene rings is 1. The molecule has 1 heterocycles. The molecule has 0 radical (unpaired) electrons. The molecule has 0 atom stereocenters. The molecule has 4 nitrogen and oxygen atoms in total. The number of carbonyl (C=O) groups is 1. The number of aromatic nitrogens is 1. The van der Waals surface area contributed by atoms with Crippen molar-refractivity contribution in [3.8, 4) is 5.75 Å². The van der Waals surface area contributed by atoms with Gasteiger partial charge in [-0.05, 0) is 19.1 Å². The summed E-state index contributed by atoms with van der Waals surface area (Å²) < 4.78 is 5.04. The van der Waals surface area contributed by atoms with E-state index in [0.717, 1.165) is 5.69 Å². The van der Waals surface area contributed by atoms with Gasteiger partial charge in [0.05, 0.1) is 5.69 Å². The number of thiazole rings is 1. The molecule has 0 spiro atoms. The Morgan fingerprint density at radius 1 is 1.38 bits per heavy atom. The van der Waals surface area contributed by atoms with Gasteiger partial charge in [-0.25, -0.2) is 9.78 Å². The third kappa shape index (κ3) is 2.80. The Hall–Kier alpha value is -1.88. The van der Waals surface area contributed by atoms with Gasteiger partial charge in [0.2, 0.25) is 0 Å². The fourth-order valence-electron chi connectivity index (χ4n) is 1.12. The second-order valence-electron chi connectivity index (χ2n) is 3.12. The number of hydrogen-bond donors (Lipinski definition) is 1. The standard InChI is InChI=1S/C11H10N2O2S/c1-8-7-16-10(12-8)13-11(14)15-9-5-3-2-4-6-9/h2-7H,1H3,(H,12,13,14). The van der Waals surface area contributed by atoms with Gasteiger partial charge in [-0.1, -0.05) is 18.2 Å². The van der Waals surface area contributed by atoms with Crippen molar-refractivity contribution < 1.29 is 9.53 Å². The molecule has 1 aromatic carbocycles. The molecule has 0 aliphatic carbocycles. The first-order valence-electron chi connectivity index (χ1n) is 4.70. The second kappa shape index (κ2) is 4.76. The Morgan fingerprint density at radius 2 is 2.12 bits per heavy atom. The summed E-state index contributed by atoms with van der Waals surface area (Å²) in [6.07, 6.45) is -0.527. The number of rotatable bonds is 2. The molecule has 0 aliphatic rings. The molecule has 2 aromatic rings. The lowest BCUT2D eigenvalue weighted by atomic mass is 10.3. The predicted octanol–water partition coefficient (Wildman–Crippen LogP) is 3.06. The maximum Gasteiger partial charge on any atom is 0.418 e. The number of carbonyl (C=O) groups excluding carboxylic acids is 1. The molecule has 0 unspecified atom stereocenters. The highest BCUT2D eigenvalue weighted by Crippen LogP contribution is 2.15. The van der Waals surface area contributed by atoms with Gasteiger partial charge in [-0.2, -0.15) is 0 Å². The topological polar surface area (TPSA) is 51.2 Å². The van der Waals surface area contributed by atoms with E-state index < -0.39 is 6.09 Å². The van der Waals surface area contributed by atoms with Crippen LogP contribution < -0.4 is 10.1 Å². The van der Waals surface area contributed by atoms with E-state index in [1.807, 2.05) is 18.4 Å². The van der Waals surface area contributed by atoms with Gasteiger partial charge in [0.25, 0.3) is 0 Å². The minimum Gasteiger partial charge on any atom is -0.410 e. The van der Waals surface area contributed by atoms with Crippen molar-refractivity contribution in [3.05, 3.63) is 41.4 Å². The summed E-state index contributed by atoms with van der Waals surface area (Å²) in [5.74, 6) is 0.508. The summed E-state index contributed by atoms with van der Waals surface area (Å²) in [5.41, 5.74) is 0.875. The highest BCUT2D eigenvalue weighted by Gasteiger charge is 2.06. The van der Waals surface area contributed by atoms with Gasteiger partial charge in [-0.15, -0.1) is 11.3 Å². The second-order valence-corrected chi connectivity index (χ2v) is 3.98. The summed E-state index contributed by atoms with van der Waals surface area (Å²) in [4.78, 5) is 15.5. The van der Waals surface area contributed by atoms with E-state index in [-0.39, 0.29) is 0 Å². The van der Waals surface area contributed by atoms with Crippen LogP contribution in [0.4, 0.5) is 9.93 Å². The van der Waals surface area contributed by atoms with E-state index >= 15 is 0 Å². The van der Waals surface area contributed by atoms with Crippen molar-refractivity contribution in [2.75, 3.05) is 5.32 Å². The first-order chi connectivity index (χ1) is 7.74. The molecule has 0 saturated heterocycles. The van der Waals surface area contributed by atoms with E-state index in [0.29, 0.717) is 10.9 Å². The van der Waals surface area contributed by atoms with E-state index in [1.54, 1.807) is 24.3 Å². The van der Waals surface area contributed by atoms with Crippen molar-refractivity contribution in [2.45, 2.75) is 6.92 Å². The molecule has 1 aromatic heterocycles. The smallest absolute Gasteiger partial charge is 0.410 e. The number of ether oxygens (including phenoxy) is 1. The van der Waals surface area contributed by atoms with Crippen LogP contribution in [0.5, 0.6) is 5.75 Å². The maximum absolute atomic E-state index is 11.4. The van der Waals surface area contributed by atoms with Gasteiger partial charge in [0.15, 0.2) is 5.13 Å². The number of anilines is 1. The number of nitrogens with one attached hydrogen (secondary N) is 1. The Labute approximate surface area is 96.9 Å². The van der Waals surface area contributed by atoms with Crippen LogP contribution in [0.2, 0.25) is 0 Å². The average molecular weight is 234 g/mol. The molecule has 0 saturated carbocycles. The SMILES string of the molecule is Cc1csc(NC(=O)Oc2ccccc2)n1. The van der Waals surface area contributed by atoms with E-state index in [9.17, 15) is 4.79 Å². The number of hydrogen-bond acceptors (Lipinski definition) is 4. The Balaban J connectivity index is 1.95. The van der Waals surface area contributed by atoms with Crippen LogP contribution >= 0.6 is 11.3 Å². The number of aryl methyl sites for hydroxylation is 1. The maximum atomic E-state index is 11.4. The van der Waals surface area contributed by atoms with E-state index in [1.165, 1.54) is 11.3 Å². The molecule has 1 N–H and O–H groups in total. The number of amides is 1. The van der Waals surface area contributed by atoms with Gasteiger partial charge in [0, 0.05) is 5.38 Å². The average Bonchev–Trinajstić information content (AvgIpc) is 2.65. The minimum absolute atomic E-state index is 0.508. The lowest BCUT2D eigenvalue weighted by molar-refractivity contribution is 0.215. The Bertz CT molecular complexity index is 482. The van der Waals surface area contributed by atoms with Crippen LogP contribution in [0.15, 0.2) is 35.7 Å². The van der Waals surface area contributed by atoms with Gasteiger partial charge in [-0.3, -0.25) is 5.32 Å². The first-order valence-corrected chi connectivity index (χ1v) is 5.58. The molecule has 0 bridgehead atoms. The largest absolute Gasteiger partial charge is 0.418 e. The normalized spacial score (nSPS) is 9.81. The zero-order chi connectivity index (χ0) is 11.4. The van der Waals surface area contributed by atoms with Gasteiger partial charge in [0.1, 0.15) is 5.75 Å². The monoisotopic (exact) mass is 234 g/mol. The minimum atomic E-state index is -0.527. The summed E-state index contributed by atoms with van der Waals surface area (Å²) >= 11 is 1.37. The van der Waals surface area contributed by atoms with Crippen molar-refractivity contribution in [3.63, 3.8) is 0 Å². The summed E-state index contributed by atoms with van der Waals surface area (Å²) in [7, 11) is 0. The molecule has 1 amide bonds. The first kappa shape index (κ1) is 10.6. The third-order valence-electron chi connectivity index (χ3n) is 1.78. The van der Waals surface area contributed by atoms with E-state index in [4.69, 9.17) is 4.74 Å². The molecular formula is C11H10N2O2S. The Kier molecular flexibility index (Phi) is 3.16. The Morgan fingerprint density at radius 3 is 2.75 bits per heavy atom. The van der Waals surface area contributed by atoms with E-state index in [2.05, 4.69) is 10.3 Å². The molecule has 2 rings (SSSR count). The molecule has 5 heteroatoms. The van der Waals surface area contributed by atoms with Crippen LogP contribution in [0, 0.1) is 6.92 Å². The van der Waals surface area contributed by atoms with Gasteiger partial charge >= 0.3 is 6.09 Å². The lowest BCUT2D eigenvalue weighted by Crippen LogP contribution is -2.16.